The first kappa shape index (κ1) is 11.2. The van der Waals surface area contributed by atoms with Crippen molar-refractivity contribution in [2.75, 3.05) is 5.32 Å². The van der Waals surface area contributed by atoms with Crippen molar-refractivity contribution in [2.24, 2.45) is 0 Å². The van der Waals surface area contributed by atoms with Crippen molar-refractivity contribution in [3.05, 3.63) is 58.3 Å². The number of nitrogens with one attached hydrogen (secondary N) is 1. The number of carbonyl (C=O) groups excluding carboxylic acids is 1. The average Bonchev–Trinajstić information content (AvgIpc) is 2.66. The van der Waals surface area contributed by atoms with E-state index in [1.54, 1.807) is 12.3 Å². The van der Waals surface area contributed by atoms with Gasteiger partial charge >= 0.3 is 0 Å². The van der Waals surface area contributed by atoms with Gasteiger partial charge in [0.15, 0.2) is 0 Å². The lowest BCUT2D eigenvalue weighted by Crippen LogP contribution is -2.03. The first-order valence-corrected chi connectivity index (χ1v) is 6.27. The average molecular weight is 301 g/mol. The molecule has 0 unspecified atom stereocenters. The molecule has 3 rings (SSSR count). The summed E-state index contributed by atoms with van der Waals surface area (Å²) in [5.41, 5.74) is 3.17. The van der Waals surface area contributed by atoms with Gasteiger partial charge in [0.2, 0.25) is 0 Å². The van der Waals surface area contributed by atoms with Gasteiger partial charge in [0.05, 0.1) is 17.0 Å². The zero-order valence-corrected chi connectivity index (χ0v) is 10.9. The number of pyridine rings is 1. The van der Waals surface area contributed by atoms with E-state index >= 15 is 0 Å². The number of nitrogens with zero attached hydrogens (tertiary/aromatic N) is 1. The molecule has 0 saturated carbocycles. The molecule has 1 aliphatic heterocycles. The van der Waals surface area contributed by atoms with E-state index in [9.17, 15) is 4.79 Å². The standard InChI is InChI=1S/C14H9BrN2O/c15-9-4-5-11-12(14(18)17-13(11)7-9)8-10-3-1-2-6-16-10/h1-8H,(H,17,18). The van der Waals surface area contributed by atoms with Crippen molar-refractivity contribution in [3.63, 3.8) is 0 Å². The van der Waals surface area contributed by atoms with Gasteiger partial charge in [-0.15, -0.1) is 0 Å². The van der Waals surface area contributed by atoms with Crippen LogP contribution in [0.2, 0.25) is 0 Å². The summed E-state index contributed by atoms with van der Waals surface area (Å²) < 4.78 is 0.945. The van der Waals surface area contributed by atoms with Crippen molar-refractivity contribution in [3.8, 4) is 0 Å². The predicted molar refractivity (Wildman–Crippen MR) is 74.9 cm³/mol. The molecule has 0 aliphatic carbocycles. The Labute approximate surface area is 113 Å². The van der Waals surface area contributed by atoms with Gasteiger partial charge in [-0.25, -0.2) is 0 Å². The van der Waals surface area contributed by atoms with E-state index < -0.39 is 0 Å². The summed E-state index contributed by atoms with van der Waals surface area (Å²) in [5, 5.41) is 2.84. The maximum atomic E-state index is 11.9. The second kappa shape index (κ2) is 4.38. The molecule has 0 fully saturated rings. The van der Waals surface area contributed by atoms with Gasteiger partial charge in [-0.2, -0.15) is 0 Å². The maximum absolute atomic E-state index is 11.9. The minimum atomic E-state index is -0.0891. The van der Waals surface area contributed by atoms with E-state index in [1.807, 2.05) is 36.4 Å². The van der Waals surface area contributed by atoms with Gasteiger partial charge in [0.25, 0.3) is 5.91 Å². The van der Waals surface area contributed by atoms with Crippen LogP contribution < -0.4 is 5.32 Å². The third-order valence-electron chi connectivity index (χ3n) is 2.74. The number of hydrogen-bond acceptors (Lipinski definition) is 2. The molecule has 18 heavy (non-hydrogen) atoms. The molecule has 1 amide bonds. The van der Waals surface area contributed by atoms with Crippen LogP contribution >= 0.6 is 15.9 Å². The molecule has 88 valence electrons. The number of rotatable bonds is 1. The Hall–Kier alpha value is -1.94. The highest BCUT2D eigenvalue weighted by Crippen LogP contribution is 2.34. The first-order chi connectivity index (χ1) is 8.74. The van der Waals surface area contributed by atoms with E-state index in [0.717, 1.165) is 21.4 Å². The third-order valence-corrected chi connectivity index (χ3v) is 3.24. The van der Waals surface area contributed by atoms with E-state index in [2.05, 4.69) is 26.2 Å². The van der Waals surface area contributed by atoms with Crippen molar-refractivity contribution in [2.45, 2.75) is 0 Å². The zero-order valence-electron chi connectivity index (χ0n) is 9.35. The van der Waals surface area contributed by atoms with Crippen LogP contribution in [0.3, 0.4) is 0 Å². The lowest BCUT2D eigenvalue weighted by atomic mass is 10.1. The van der Waals surface area contributed by atoms with Crippen LogP contribution in [-0.4, -0.2) is 10.9 Å². The molecule has 1 N–H and O–H groups in total. The molecular weight excluding hydrogens is 292 g/mol. The Balaban J connectivity index is 2.10. The summed E-state index contributed by atoms with van der Waals surface area (Å²) in [6.07, 6.45) is 3.51. The molecule has 0 bridgehead atoms. The third kappa shape index (κ3) is 1.95. The Bertz CT molecular complexity index is 650. The zero-order chi connectivity index (χ0) is 12.5. The summed E-state index contributed by atoms with van der Waals surface area (Å²) in [5.74, 6) is -0.0891. The number of anilines is 1. The number of benzene rings is 1. The maximum Gasteiger partial charge on any atom is 0.256 e. The fourth-order valence-corrected chi connectivity index (χ4v) is 2.28. The molecule has 2 heterocycles. The summed E-state index contributed by atoms with van der Waals surface area (Å²) in [4.78, 5) is 16.1. The highest BCUT2D eigenvalue weighted by atomic mass is 79.9. The number of aromatic nitrogens is 1. The lowest BCUT2D eigenvalue weighted by molar-refractivity contribution is -0.110. The normalized spacial score (nSPS) is 15.6. The molecular formula is C14H9BrN2O. The van der Waals surface area contributed by atoms with Gasteiger partial charge in [0.1, 0.15) is 0 Å². The Morgan fingerprint density at radius 2 is 2.11 bits per heavy atom. The molecule has 4 heteroatoms. The minimum absolute atomic E-state index is 0.0891. The van der Waals surface area contributed by atoms with Crippen molar-refractivity contribution >= 4 is 39.2 Å². The summed E-state index contributed by atoms with van der Waals surface area (Å²) >= 11 is 3.39. The van der Waals surface area contributed by atoms with Crippen LogP contribution in [0.25, 0.3) is 11.6 Å². The molecule has 1 aromatic heterocycles. The monoisotopic (exact) mass is 300 g/mol. The molecule has 0 atom stereocenters. The quantitative estimate of drug-likeness (QED) is 0.821. The fourth-order valence-electron chi connectivity index (χ4n) is 1.92. The van der Waals surface area contributed by atoms with E-state index in [-0.39, 0.29) is 5.91 Å². The largest absolute Gasteiger partial charge is 0.321 e. The Kier molecular flexibility index (Phi) is 2.72. The van der Waals surface area contributed by atoms with Gasteiger partial charge in [-0.1, -0.05) is 28.1 Å². The molecule has 0 saturated heterocycles. The number of amides is 1. The van der Waals surface area contributed by atoms with Crippen molar-refractivity contribution in [1.82, 2.24) is 4.98 Å². The van der Waals surface area contributed by atoms with Gasteiger partial charge in [-0.3, -0.25) is 9.78 Å². The number of halogens is 1. The van der Waals surface area contributed by atoms with E-state index in [1.165, 1.54) is 0 Å². The highest BCUT2D eigenvalue weighted by molar-refractivity contribution is 9.10. The number of fused-ring (bicyclic) bond motifs is 1. The second-order valence-electron chi connectivity index (χ2n) is 3.96. The topological polar surface area (TPSA) is 42.0 Å². The number of hydrogen-bond donors (Lipinski definition) is 1. The Morgan fingerprint density at radius 3 is 2.89 bits per heavy atom. The lowest BCUT2D eigenvalue weighted by Gasteiger charge is -1.98. The second-order valence-corrected chi connectivity index (χ2v) is 4.87. The number of carbonyl (C=O) groups is 1. The Morgan fingerprint density at radius 1 is 1.22 bits per heavy atom. The van der Waals surface area contributed by atoms with Crippen LogP contribution in [-0.2, 0) is 4.79 Å². The molecule has 3 nitrogen and oxygen atoms in total. The molecule has 0 spiro atoms. The van der Waals surface area contributed by atoms with Crippen LogP contribution in [0.1, 0.15) is 11.3 Å². The van der Waals surface area contributed by atoms with Crippen LogP contribution in [0, 0.1) is 0 Å². The highest BCUT2D eigenvalue weighted by Gasteiger charge is 2.23. The molecule has 2 aromatic rings. The predicted octanol–water partition coefficient (Wildman–Crippen LogP) is 3.34. The molecule has 0 radical (unpaired) electrons. The minimum Gasteiger partial charge on any atom is -0.321 e. The van der Waals surface area contributed by atoms with Crippen LogP contribution in [0.4, 0.5) is 5.69 Å². The van der Waals surface area contributed by atoms with Crippen LogP contribution in [0.15, 0.2) is 47.1 Å². The molecule has 1 aliphatic rings. The molecule has 1 aromatic carbocycles. The van der Waals surface area contributed by atoms with E-state index in [4.69, 9.17) is 0 Å². The van der Waals surface area contributed by atoms with E-state index in [0.29, 0.717) is 5.57 Å². The van der Waals surface area contributed by atoms with Crippen LogP contribution in [0.5, 0.6) is 0 Å². The van der Waals surface area contributed by atoms with Gasteiger partial charge in [0, 0.05) is 16.2 Å². The van der Waals surface area contributed by atoms with Gasteiger partial charge < -0.3 is 5.32 Å². The van der Waals surface area contributed by atoms with Gasteiger partial charge in [-0.05, 0) is 30.3 Å². The summed E-state index contributed by atoms with van der Waals surface area (Å²) in [6.45, 7) is 0. The SMILES string of the molecule is O=C1Nc2cc(Br)ccc2C1=Cc1ccccn1. The van der Waals surface area contributed by atoms with Crippen molar-refractivity contribution < 1.29 is 4.79 Å². The summed E-state index contributed by atoms with van der Waals surface area (Å²) in [6, 6.07) is 11.4. The van der Waals surface area contributed by atoms with Crippen molar-refractivity contribution in [1.29, 1.82) is 0 Å². The smallest absolute Gasteiger partial charge is 0.256 e. The summed E-state index contributed by atoms with van der Waals surface area (Å²) in [7, 11) is 0. The fraction of sp³-hybridized carbons (Fsp3) is 0. The first-order valence-electron chi connectivity index (χ1n) is 5.48.